The van der Waals surface area contributed by atoms with Crippen LogP contribution in [0.1, 0.15) is 30.9 Å². The molecule has 196 valence electrons. The third kappa shape index (κ3) is 6.67. The number of piperazine rings is 1. The third-order valence-electron chi connectivity index (χ3n) is 5.93. The Hall–Kier alpha value is -3.86. The van der Waals surface area contributed by atoms with Crippen LogP contribution in [-0.2, 0) is 19.1 Å². The van der Waals surface area contributed by atoms with E-state index in [1.165, 1.54) is 54.0 Å². The van der Waals surface area contributed by atoms with Crippen molar-refractivity contribution >= 4 is 41.5 Å². The Kier molecular flexibility index (Phi) is 9.29. The van der Waals surface area contributed by atoms with Crippen molar-refractivity contribution in [3.05, 3.63) is 69.8 Å². The molecule has 1 saturated heterocycles. The van der Waals surface area contributed by atoms with Gasteiger partial charge in [0.1, 0.15) is 0 Å². The molecule has 1 heterocycles. The average Bonchev–Trinajstić information content (AvgIpc) is 2.91. The largest absolute Gasteiger partial charge is 0.467 e. The van der Waals surface area contributed by atoms with E-state index in [-0.39, 0.29) is 31.2 Å². The smallest absolute Gasteiger partial charge is 0.410 e. The van der Waals surface area contributed by atoms with Crippen LogP contribution in [0.25, 0.3) is 6.08 Å². The molecule has 2 amide bonds. The molecule has 37 heavy (non-hydrogen) atoms. The molecule has 1 unspecified atom stereocenters. The summed E-state index contributed by atoms with van der Waals surface area (Å²) in [5.41, 5.74) is 1.53. The molecule has 0 saturated carbocycles. The van der Waals surface area contributed by atoms with Gasteiger partial charge in [-0.15, -0.1) is 0 Å². The standard InChI is InChI=1S/C26H29N3O7S/c1-17(2)19-7-5-6-8-22(19)37-23-11-9-18(15-20(23)29(33)34)10-12-24(30)27-13-14-28(26(32)36-4)21(16-27)25(31)35-3/h5-12,15,17,21H,13-14,16H2,1-4H3/b12-10+. The molecule has 2 aromatic carbocycles. The van der Waals surface area contributed by atoms with Gasteiger partial charge in [0.15, 0.2) is 6.04 Å². The number of amides is 2. The molecule has 1 aliphatic heterocycles. The Bertz CT molecular complexity index is 1210. The molecule has 0 bridgehead atoms. The first-order chi connectivity index (χ1) is 17.7. The van der Waals surface area contributed by atoms with E-state index in [9.17, 15) is 24.5 Å². The highest BCUT2D eigenvalue weighted by molar-refractivity contribution is 7.99. The van der Waals surface area contributed by atoms with E-state index in [4.69, 9.17) is 9.47 Å². The van der Waals surface area contributed by atoms with Gasteiger partial charge in [0.05, 0.1) is 30.6 Å². The zero-order chi connectivity index (χ0) is 27.1. The Morgan fingerprint density at radius 2 is 1.81 bits per heavy atom. The van der Waals surface area contributed by atoms with Gasteiger partial charge in [0.25, 0.3) is 5.69 Å². The molecular weight excluding hydrogens is 498 g/mol. The van der Waals surface area contributed by atoms with Crippen LogP contribution in [0.5, 0.6) is 0 Å². The lowest BCUT2D eigenvalue weighted by Crippen LogP contribution is -2.59. The number of hydrogen-bond donors (Lipinski definition) is 0. The number of carbonyl (C=O) groups excluding carboxylic acids is 3. The second kappa shape index (κ2) is 12.4. The van der Waals surface area contributed by atoms with Gasteiger partial charge in [-0.2, -0.15) is 0 Å². The minimum absolute atomic E-state index is 0.0596. The number of carbonyl (C=O) groups is 3. The predicted octanol–water partition coefficient (Wildman–Crippen LogP) is 4.33. The monoisotopic (exact) mass is 527 g/mol. The Morgan fingerprint density at radius 1 is 1.08 bits per heavy atom. The third-order valence-corrected chi connectivity index (χ3v) is 7.09. The first kappa shape index (κ1) is 27.7. The Balaban J connectivity index is 1.77. The number of esters is 1. The topological polar surface area (TPSA) is 119 Å². The van der Waals surface area contributed by atoms with Gasteiger partial charge < -0.3 is 14.4 Å². The van der Waals surface area contributed by atoms with Crippen molar-refractivity contribution in [1.29, 1.82) is 0 Å². The van der Waals surface area contributed by atoms with Gasteiger partial charge in [-0.3, -0.25) is 19.8 Å². The highest BCUT2D eigenvalue weighted by Gasteiger charge is 2.37. The lowest BCUT2D eigenvalue weighted by Gasteiger charge is -2.38. The van der Waals surface area contributed by atoms with Crippen molar-refractivity contribution in [1.82, 2.24) is 9.80 Å². The van der Waals surface area contributed by atoms with E-state index in [1.807, 2.05) is 24.3 Å². The first-order valence-corrected chi connectivity index (χ1v) is 12.4. The van der Waals surface area contributed by atoms with Crippen LogP contribution in [0.3, 0.4) is 0 Å². The number of methoxy groups -OCH3 is 2. The number of benzene rings is 2. The highest BCUT2D eigenvalue weighted by Crippen LogP contribution is 2.39. The number of nitro benzene ring substituents is 1. The fourth-order valence-corrected chi connectivity index (χ4v) is 5.14. The van der Waals surface area contributed by atoms with Crippen LogP contribution < -0.4 is 0 Å². The minimum atomic E-state index is -0.991. The first-order valence-electron chi connectivity index (χ1n) is 11.6. The van der Waals surface area contributed by atoms with Crippen molar-refractivity contribution < 1.29 is 28.8 Å². The molecule has 3 rings (SSSR count). The molecule has 0 radical (unpaired) electrons. The van der Waals surface area contributed by atoms with Crippen molar-refractivity contribution in [2.24, 2.45) is 0 Å². The van der Waals surface area contributed by atoms with E-state index < -0.39 is 28.9 Å². The lowest BCUT2D eigenvalue weighted by atomic mass is 10.0. The molecule has 11 heteroatoms. The molecular formula is C26H29N3O7S. The number of ether oxygens (including phenoxy) is 2. The summed E-state index contributed by atoms with van der Waals surface area (Å²) < 4.78 is 9.49. The molecule has 1 aliphatic rings. The van der Waals surface area contributed by atoms with Gasteiger partial charge in [-0.1, -0.05) is 49.9 Å². The molecule has 1 fully saturated rings. The Labute approximate surface area is 219 Å². The van der Waals surface area contributed by atoms with Crippen LogP contribution >= 0.6 is 11.8 Å². The predicted molar refractivity (Wildman–Crippen MR) is 138 cm³/mol. The zero-order valence-electron chi connectivity index (χ0n) is 21.1. The number of nitro groups is 1. The molecule has 0 aliphatic carbocycles. The van der Waals surface area contributed by atoms with Crippen molar-refractivity contribution in [3.8, 4) is 0 Å². The summed E-state index contributed by atoms with van der Waals surface area (Å²) in [7, 11) is 2.41. The maximum atomic E-state index is 12.8. The summed E-state index contributed by atoms with van der Waals surface area (Å²) in [6, 6.07) is 11.6. The van der Waals surface area contributed by atoms with Gasteiger partial charge in [0.2, 0.25) is 5.91 Å². The number of nitrogens with zero attached hydrogens (tertiary/aromatic N) is 3. The van der Waals surface area contributed by atoms with Crippen LogP contribution in [-0.4, -0.2) is 72.6 Å². The second-order valence-corrected chi connectivity index (χ2v) is 9.68. The summed E-state index contributed by atoms with van der Waals surface area (Å²) in [4.78, 5) is 52.4. The number of hydrogen-bond acceptors (Lipinski definition) is 8. The fraction of sp³-hybridized carbons (Fsp3) is 0.346. The van der Waals surface area contributed by atoms with E-state index in [0.717, 1.165) is 10.5 Å². The normalized spacial score (nSPS) is 15.6. The molecule has 1 atom stereocenters. The minimum Gasteiger partial charge on any atom is -0.467 e. The summed E-state index contributed by atoms with van der Waals surface area (Å²) in [5, 5.41) is 11.8. The van der Waals surface area contributed by atoms with Crippen molar-refractivity contribution in [2.75, 3.05) is 33.9 Å². The van der Waals surface area contributed by atoms with Crippen molar-refractivity contribution in [2.45, 2.75) is 35.6 Å². The SMILES string of the molecule is COC(=O)C1CN(C(=O)/C=C/c2ccc(Sc3ccccc3C(C)C)c([N+](=O)[O-])c2)CCN1C(=O)OC. The summed E-state index contributed by atoms with van der Waals surface area (Å²) in [6.45, 7) is 4.37. The summed E-state index contributed by atoms with van der Waals surface area (Å²) >= 11 is 1.34. The lowest BCUT2D eigenvalue weighted by molar-refractivity contribution is -0.387. The number of rotatable bonds is 7. The van der Waals surface area contributed by atoms with E-state index in [1.54, 1.807) is 12.1 Å². The van der Waals surface area contributed by atoms with E-state index in [0.29, 0.717) is 10.5 Å². The fourth-order valence-electron chi connectivity index (χ4n) is 3.97. The average molecular weight is 528 g/mol. The molecule has 2 aromatic rings. The van der Waals surface area contributed by atoms with E-state index in [2.05, 4.69) is 13.8 Å². The zero-order valence-corrected chi connectivity index (χ0v) is 21.9. The molecule has 0 aromatic heterocycles. The highest BCUT2D eigenvalue weighted by atomic mass is 32.2. The van der Waals surface area contributed by atoms with Crippen LogP contribution in [0.2, 0.25) is 0 Å². The maximum Gasteiger partial charge on any atom is 0.410 e. The second-order valence-electron chi connectivity index (χ2n) is 8.60. The maximum absolute atomic E-state index is 12.8. The van der Waals surface area contributed by atoms with Gasteiger partial charge >= 0.3 is 12.1 Å². The van der Waals surface area contributed by atoms with Gasteiger partial charge in [-0.05, 0) is 35.3 Å². The molecule has 10 nitrogen and oxygen atoms in total. The van der Waals surface area contributed by atoms with E-state index >= 15 is 0 Å². The summed E-state index contributed by atoms with van der Waals surface area (Å²) in [6.07, 6.45) is 2.10. The van der Waals surface area contributed by atoms with Crippen LogP contribution in [0.15, 0.2) is 58.3 Å². The van der Waals surface area contributed by atoms with Crippen molar-refractivity contribution in [3.63, 3.8) is 0 Å². The van der Waals surface area contributed by atoms with Gasteiger partial charge in [0, 0.05) is 30.1 Å². The molecule has 0 N–H and O–H groups in total. The van der Waals surface area contributed by atoms with Crippen LogP contribution in [0, 0.1) is 10.1 Å². The molecule has 0 spiro atoms. The van der Waals surface area contributed by atoms with Crippen LogP contribution in [0.4, 0.5) is 10.5 Å². The summed E-state index contributed by atoms with van der Waals surface area (Å²) in [5.74, 6) is -0.788. The quantitative estimate of drug-likeness (QED) is 0.226. The van der Waals surface area contributed by atoms with Gasteiger partial charge in [-0.25, -0.2) is 9.59 Å². The Morgan fingerprint density at radius 3 is 2.46 bits per heavy atom.